The molecule has 3 rings (SSSR count). The number of hydrogen-bond donors (Lipinski definition) is 2. The smallest absolute Gasteiger partial charge is 0.249 e. The highest BCUT2D eigenvalue weighted by molar-refractivity contribution is 7.88. The SMILES string of the molecule is CS(=O)(=O)NCc1ccc(-c2ccnc3[nH]c(=O)ccc23)cc1. The Labute approximate surface area is 133 Å². The Balaban J connectivity index is 1.95. The lowest BCUT2D eigenvalue weighted by Gasteiger charge is -2.07. The van der Waals surface area contributed by atoms with Crippen LogP contribution in [0.4, 0.5) is 0 Å². The third kappa shape index (κ3) is 3.64. The summed E-state index contributed by atoms with van der Waals surface area (Å²) in [7, 11) is -3.21. The minimum atomic E-state index is -3.21. The summed E-state index contributed by atoms with van der Waals surface area (Å²) in [6.45, 7) is 0.253. The molecule has 1 aromatic carbocycles. The second-order valence-electron chi connectivity index (χ2n) is 5.23. The van der Waals surface area contributed by atoms with E-state index >= 15 is 0 Å². The van der Waals surface area contributed by atoms with Gasteiger partial charge in [0, 0.05) is 24.2 Å². The monoisotopic (exact) mass is 329 g/mol. The van der Waals surface area contributed by atoms with Gasteiger partial charge in [-0.1, -0.05) is 24.3 Å². The molecule has 0 unspecified atom stereocenters. The summed E-state index contributed by atoms with van der Waals surface area (Å²) in [5.41, 5.74) is 3.13. The van der Waals surface area contributed by atoms with Gasteiger partial charge in [-0.3, -0.25) is 4.79 Å². The van der Waals surface area contributed by atoms with Crippen LogP contribution in [0.3, 0.4) is 0 Å². The molecule has 0 aliphatic heterocycles. The van der Waals surface area contributed by atoms with E-state index in [-0.39, 0.29) is 12.1 Å². The summed E-state index contributed by atoms with van der Waals surface area (Å²) < 4.78 is 24.7. The van der Waals surface area contributed by atoms with E-state index in [4.69, 9.17) is 0 Å². The first kappa shape index (κ1) is 15.4. The highest BCUT2D eigenvalue weighted by atomic mass is 32.2. The van der Waals surface area contributed by atoms with Gasteiger partial charge in [0.05, 0.1) is 6.26 Å². The Hall–Kier alpha value is -2.51. The van der Waals surface area contributed by atoms with Crippen molar-refractivity contribution < 1.29 is 8.42 Å². The van der Waals surface area contributed by atoms with Crippen LogP contribution in [0.15, 0.2) is 53.5 Å². The molecule has 0 bridgehead atoms. The maximum Gasteiger partial charge on any atom is 0.249 e. The molecule has 0 saturated heterocycles. The number of aromatic amines is 1. The Bertz CT molecular complexity index is 1010. The number of rotatable bonds is 4. The second-order valence-corrected chi connectivity index (χ2v) is 7.07. The van der Waals surface area contributed by atoms with Crippen LogP contribution in [0.2, 0.25) is 0 Å². The van der Waals surface area contributed by atoms with E-state index in [2.05, 4.69) is 14.7 Å². The molecule has 0 aliphatic rings. The lowest BCUT2D eigenvalue weighted by atomic mass is 10.0. The number of fused-ring (bicyclic) bond motifs is 1. The summed E-state index contributed by atoms with van der Waals surface area (Å²) in [6, 6.07) is 12.7. The number of H-pyrrole nitrogens is 1. The van der Waals surface area contributed by atoms with Crippen molar-refractivity contribution in [1.82, 2.24) is 14.7 Å². The third-order valence-electron chi connectivity index (χ3n) is 3.44. The number of nitrogens with one attached hydrogen (secondary N) is 2. The van der Waals surface area contributed by atoms with Gasteiger partial charge in [0.2, 0.25) is 15.6 Å². The lowest BCUT2D eigenvalue weighted by Crippen LogP contribution is -2.21. The third-order valence-corrected chi connectivity index (χ3v) is 4.11. The second kappa shape index (κ2) is 5.94. The molecule has 3 aromatic rings. The Kier molecular flexibility index (Phi) is 3.97. The molecule has 0 aliphatic carbocycles. The Morgan fingerprint density at radius 1 is 1.09 bits per heavy atom. The van der Waals surface area contributed by atoms with Crippen LogP contribution in [0.1, 0.15) is 5.56 Å². The quantitative estimate of drug-likeness (QED) is 0.761. The zero-order valence-corrected chi connectivity index (χ0v) is 13.2. The lowest BCUT2D eigenvalue weighted by molar-refractivity contribution is 0.587. The highest BCUT2D eigenvalue weighted by Crippen LogP contribution is 2.26. The van der Waals surface area contributed by atoms with Gasteiger partial charge >= 0.3 is 0 Å². The maximum atomic E-state index is 11.4. The fraction of sp³-hybridized carbons (Fsp3) is 0.125. The largest absolute Gasteiger partial charge is 0.307 e. The molecule has 7 heteroatoms. The van der Waals surface area contributed by atoms with Crippen LogP contribution in [0.25, 0.3) is 22.2 Å². The summed E-state index contributed by atoms with van der Waals surface area (Å²) >= 11 is 0. The van der Waals surface area contributed by atoms with Crippen LogP contribution in [-0.2, 0) is 16.6 Å². The van der Waals surface area contributed by atoms with Gasteiger partial charge in [0.15, 0.2) is 0 Å². The van der Waals surface area contributed by atoms with Gasteiger partial charge < -0.3 is 4.98 Å². The Morgan fingerprint density at radius 3 is 2.52 bits per heavy atom. The van der Waals surface area contributed by atoms with E-state index in [0.29, 0.717) is 5.65 Å². The van der Waals surface area contributed by atoms with Crippen molar-refractivity contribution in [2.45, 2.75) is 6.54 Å². The molecule has 2 N–H and O–H groups in total. The standard InChI is InChI=1S/C16H15N3O3S/c1-23(21,22)18-10-11-2-4-12(5-3-11)13-8-9-17-16-14(13)6-7-15(20)19-16/h2-9,18H,10H2,1H3,(H,17,19,20). The molecule has 0 saturated carbocycles. The average Bonchev–Trinajstić information content (AvgIpc) is 2.52. The zero-order chi connectivity index (χ0) is 16.4. The minimum absolute atomic E-state index is 0.190. The molecule has 0 atom stereocenters. The number of nitrogens with zero attached hydrogens (tertiary/aromatic N) is 1. The number of hydrogen-bond acceptors (Lipinski definition) is 4. The first-order valence-electron chi connectivity index (χ1n) is 6.94. The molecule has 23 heavy (non-hydrogen) atoms. The summed E-state index contributed by atoms with van der Waals surface area (Å²) in [4.78, 5) is 18.3. The van der Waals surface area contributed by atoms with Crippen LogP contribution in [0.5, 0.6) is 0 Å². The first-order valence-corrected chi connectivity index (χ1v) is 8.83. The van der Waals surface area contributed by atoms with E-state index in [1.54, 1.807) is 12.3 Å². The minimum Gasteiger partial charge on any atom is -0.307 e. The maximum absolute atomic E-state index is 11.4. The molecule has 6 nitrogen and oxygen atoms in total. The average molecular weight is 329 g/mol. The van der Waals surface area contributed by atoms with Crippen molar-refractivity contribution in [1.29, 1.82) is 0 Å². The normalized spacial score (nSPS) is 11.7. The molecule has 0 amide bonds. The fourth-order valence-electron chi connectivity index (χ4n) is 2.33. The molecule has 2 aromatic heterocycles. The topological polar surface area (TPSA) is 91.9 Å². The molecule has 2 heterocycles. The molecule has 0 radical (unpaired) electrons. The van der Waals surface area contributed by atoms with E-state index in [1.807, 2.05) is 30.3 Å². The predicted octanol–water partition coefficient (Wildman–Crippen LogP) is 1.64. The summed E-state index contributed by atoms with van der Waals surface area (Å²) in [5, 5.41) is 0.856. The van der Waals surface area contributed by atoms with Gasteiger partial charge in [0.25, 0.3) is 0 Å². The molecule has 0 spiro atoms. The van der Waals surface area contributed by atoms with Crippen molar-refractivity contribution in [3.63, 3.8) is 0 Å². The predicted molar refractivity (Wildman–Crippen MR) is 89.5 cm³/mol. The van der Waals surface area contributed by atoms with Gasteiger partial charge in [-0.2, -0.15) is 0 Å². The van der Waals surface area contributed by atoms with E-state index in [9.17, 15) is 13.2 Å². The van der Waals surface area contributed by atoms with Gasteiger partial charge in [0.1, 0.15) is 5.65 Å². The number of aromatic nitrogens is 2. The zero-order valence-electron chi connectivity index (χ0n) is 12.4. The summed E-state index contributed by atoms with van der Waals surface area (Å²) in [6.07, 6.45) is 2.78. The van der Waals surface area contributed by atoms with Crippen LogP contribution in [-0.4, -0.2) is 24.6 Å². The van der Waals surface area contributed by atoms with Crippen LogP contribution in [0, 0.1) is 0 Å². The highest BCUT2D eigenvalue weighted by Gasteiger charge is 2.06. The van der Waals surface area contributed by atoms with Crippen molar-refractivity contribution in [2.75, 3.05) is 6.26 Å². The molecular weight excluding hydrogens is 314 g/mol. The van der Waals surface area contributed by atoms with E-state index < -0.39 is 10.0 Å². The van der Waals surface area contributed by atoms with E-state index in [0.717, 1.165) is 28.3 Å². The first-order chi connectivity index (χ1) is 10.9. The van der Waals surface area contributed by atoms with Crippen molar-refractivity contribution >= 4 is 21.1 Å². The van der Waals surface area contributed by atoms with Gasteiger partial charge in [-0.15, -0.1) is 0 Å². The van der Waals surface area contributed by atoms with Crippen molar-refractivity contribution in [2.24, 2.45) is 0 Å². The van der Waals surface area contributed by atoms with Crippen molar-refractivity contribution in [3.05, 3.63) is 64.6 Å². The fourth-order valence-corrected chi connectivity index (χ4v) is 2.76. The Morgan fingerprint density at radius 2 is 1.83 bits per heavy atom. The van der Waals surface area contributed by atoms with Gasteiger partial charge in [-0.05, 0) is 28.8 Å². The summed E-state index contributed by atoms with van der Waals surface area (Å²) in [5.74, 6) is 0. The molecule has 0 fully saturated rings. The number of sulfonamides is 1. The van der Waals surface area contributed by atoms with Crippen molar-refractivity contribution in [3.8, 4) is 11.1 Å². The van der Waals surface area contributed by atoms with Crippen LogP contribution < -0.4 is 10.3 Å². The molecular formula is C16H15N3O3S. The molecule has 118 valence electrons. The number of benzene rings is 1. The van der Waals surface area contributed by atoms with E-state index in [1.165, 1.54) is 6.07 Å². The van der Waals surface area contributed by atoms with Gasteiger partial charge in [-0.25, -0.2) is 18.1 Å². The van der Waals surface area contributed by atoms with Crippen LogP contribution >= 0.6 is 0 Å². The number of pyridine rings is 2.